The summed E-state index contributed by atoms with van der Waals surface area (Å²) < 4.78 is 10.6. The Kier molecular flexibility index (Phi) is 4.93. The fraction of sp³-hybridized carbons (Fsp3) is 0.200. The van der Waals surface area contributed by atoms with E-state index in [1.54, 1.807) is 17.5 Å². The maximum Gasteiger partial charge on any atom is 0.340 e. The zero-order valence-electron chi connectivity index (χ0n) is 14.7. The van der Waals surface area contributed by atoms with Crippen LogP contribution in [0.3, 0.4) is 0 Å². The topological polar surface area (TPSA) is 78.1 Å². The van der Waals surface area contributed by atoms with Crippen molar-refractivity contribution < 1.29 is 13.9 Å². The molecule has 3 aromatic heterocycles. The molecule has 1 aromatic carbocycles. The molecule has 0 atom stereocenters. The van der Waals surface area contributed by atoms with Crippen LogP contribution in [0, 0.1) is 0 Å². The van der Waals surface area contributed by atoms with Crippen molar-refractivity contribution in [1.82, 2.24) is 15.2 Å². The highest BCUT2D eigenvalue weighted by atomic mass is 32.1. The van der Waals surface area contributed by atoms with Crippen molar-refractivity contribution in [2.45, 2.75) is 19.3 Å². The molecular formula is C20H17N3O3S. The molecule has 6 nitrogen and oxygen atoms in total. The number of carbonyl (C=O) groups is 1. The summed E-state index contributed by atoms with van der Waals surface area (Å²) >= 11 is 1.76. The SMILES string of the molecule is COC(=O)c1cncc2cc(-c3nnc(CCCc4cccs4)o3)ccc12. The highest BCUT2D eigenvalue weighted by molar-refractivity contribution is 7.09. The van der Waals surface area contributed by atoms with Crippen molar-refractivity contribution in [2.75, 3.05) is 7.11 Å². The first kappa shape index (κ1) is 17.4. The van der Waals surface area contributed by atoms with E-state index >= 15 is 0 Å². The van der Waals surface area contributed by atoms with Crippen LogP contribution in [0.15, 0.2) is 52.5 Å². The van der Waals surface area contributed by atoms with Crippen molar-refractivity contribution in [3.63, 3.8) is 0 Å². The summed E-state index contributed by atoms with van der Waals surface area (Å²) in [6, 6.07) is 9.79. The monoisotopic (exact) mass is 379 g/mol. The first-order valence-electron chi connectivity index (χ1n) is 8.56. The van der Waals surface area contributed by atoms with Gasteiger partial charge in [-0.05, 0) is 41.8 Å². The molecule has 0 bridgehead atoms. The van der Waals surface area contributed by atoms with E-state index in [1.807, 2.05) is 18.2 Å². The molecule has 4 rings (SSSR count). The number of methoxy groups -OCH3 is 1. The Bertz CT molecular complexity index is 1070. The standard InChI is InChI=1S/C20H17N3O3S/c1-25-20(24)17-12-21-11-14-10-13(7-8-16(14)17)19-23-22-18(26-19)6-2-4-15-5-3-9-27-15/h3,5,7-12H,2,4,6H2,1H3. The van der Waals surface area contributed by atoms with E-state index in [2.05, 4.69) is 32.7 Å². The van der Waals surface area contributed by atoms with E-state index in [0.29, 0.717) is 17.3 Å². The van der Waals surface area contributed by atoms with Crippen molar-refractivity contribution in [3.05, 3.63) is 64.4 Å². The number of fused-ring (bicyclic) bond motifs is 1. The number of pyridine rings is 1. The van der Waals surface area contributed by atoms with Gasteiger partial charge in [-0.1, -0.05) is 12.1 Å². The van der Waals surface area contributed by atoms with Gasteiger partial charge in [0.2, 0.25) is 11.8 Å². The normalized spacial score (nSPS) is 11.0. The van der Waals surface area contributed by atoms with Crippen LogP contribution in [-0.2, 0) is 17.6 Å². The van der Waals surface area contributed by atoms with Crippen molar-refractivity contribution in [3.8, 4) is 11.5 Å². The van der Waals surface area contributed by atoms with Gasteiger partial charge >= 0.3 is 5.97 Å². The van der Waals surface area contributed by atoms with Gasteiger partial charge in [0.1, 0.15) is 0 Å². The number of thiophene rings is 1. The molecule has 4 aromatic rings. The van der Waals surface area contributed by atoms with Gasteiger partial charge in [0.25, 0.3) is 0 Å². The number of hydrogen-bond acceptors (Lipinski definition) is 7. The molecule has 0 radical (unpaired) electrons. The number of aromatic nitrogens is 3. The predicted octanol–water partition coefficient (Wildman–Crippen LogP) is 4.31. The molecule has 0 saturated carbocycles. The number of aryl methyl sites for hydroxylation is 2. The maximum atomic E-state index is 11.9. The van der Waals surface area contributed by atoms with Crippen LogP contribution in [0.1, 0.15) is 27.5 Å². The van der Waals surface area contributed by atoms with E-state index in [9.17, 15) is 4.79 Å². The fourth-order valence-electron chi connectivity index (χ4n) is 2.92. The Labute approximate surface area is 159 Å². The third-order valence-electron chi connectivity index (χ3n) is 4.27. The van der Waals surface area contributed by atoms with Gasteiger partial charge in [-0.15, -0.1) is 21.5 Å². The summed E-state index contributed by atoms with van der Waals surface area (Å²) in [5.41, 5.74) is 1.23. The van der Waals surface area contributed by atoms with Crippen LogP contribution >= 0.6 is 11.3 Å². The van der Waals surface area contributed by atoms with E-state index in [-0.39, 0.29) is 0 Å². The Hall–Kier alpha value is -3.06. The van der Waals surface area contributed by atoms with E-state index in [4.69, 9.17) is 9.15 Å². The summed E-state index contributed by atoms with van der Waals surface area (Å²) in [5, 5.41) is 12.0. The van der Waals surface area contributed by atoms with Crippen LogP contribution in [0.5, 0.6) is 0 Å². The summed E-state index contributed by atoms with van der Waals surface area (Å²) in [5.74, 6) is 0.682. The number of benzene rings is 1. The number of ether oxygens (including phenoxy) is 1. The number of nitrogens with zero attached hydrogens (tertiary/aromatic N) is 3. The highest BCUT2D eigenvalue weighted by Gasteiger charge is 2.14. The van der Waals surface area contributed by atoms with E-state index < -0.39 is 5.97 Å². The quantitative estimate of drug-likeness (QED) is 0.465. The second-order valence-corrected chi connectivity index (χ2v) is 7.08. The van der Waals surface area contributed by atoms with E-state index in [1.165, 1.54) is 18.2 Å². The second kappa shape index (κ2) is 7.67. The van der Waals surface area contributed by atoms with Crippen LogP contribution in [0.4, 0.5) is 0 Å². The number of esters is 1. The van der Waals surface area contributed by atoms with Crippen LogP contribution in [-0.4, -0.2) is 28.3 Å². The lowest BCUT2D eigenvalue weighted by Crippen LogP contribution is -2.02. The lowest BCUT2D eigenvalue weighted by molar-refractivity contribution is 0.0602. The molecule has 0 N–H and O–H groups in total. The summed E-state index contributed by atoms with van der Waals surface area (Å²) in [4.78, 5) is 17.3. The highest BCUT2D eigenvalue weighted by Crippen LogP contribution is 2.26. The number of carbonyl (C=O) groups excluding carboxylic acids is 1. The lowest BCUT2D eigenvalue weighted by Gasteiger charge is -2.05. The van der Waals surface area contributed by atoms with E-state index in [0.717, 1.165) is 35.6 Å². The third kappa shape index (κ3) is 3.73. The minimum absolute atomic E-state index is 0.410. The average Bonchev–Trinajstić information content (AvgIpc) is 3.39. The van der Waals surface area contributed by atoms with Gasteiger partial charge in [0.15, 0.2) is 0 Å². The fourth-order valence-corrected chi connectivity index (χ4v) is 3.67. The van der Waals surface area contributed by atoms with Gasteiger partial charge < -0.3 is 9.15 Å². The second-order valence-electron chi connectivity index (χ2n) is 6.05. The van der Waals surface area contributed by atoms with Crippen LogP contribution in [0.2, 0.25) is 0 Å². The molecule has 0 aliphatic carbocycles. The number of rotatable bonds is 6. The molecule has 0 fully saturated rings. The first-order valence-corrected chi connectivity index (χ1v) is 9.44. The molecule has 136 valence electrons. The Balaban J connectivity index is 1.52. The molecule has 0 aliphatic heterocycles. The molecule has 3 heterocycles. The largest absolute Gasteiger partial charge is 0.465 e. The van der Waals surface area contributed by atoms with Gasteiger partial charge in [0.05, 0.1) is 12.7 Å². The third-order valence-corrected chi connectivity index (χ3v) is 5.21. The Morgan fingerprint density at radius 1 is 1.19 bits per heavy atom. The van der Waals surface area contributed by atoms with Crippen molar-refractivity contribution >= 4 is 28.1 Å². The first-order chi connectivity index (χ1) is 13.2. The maximum absolute atomic E-state index is 11.9. The Morgan fingerprint density at radius 2 is 2.11 bits per heavy atom. The molecule has 0 aliphatic rings. The summed E-state index contributed by atoms with van der Waals surface area (Å²) in [7, 11) is 1.36. The smallest absolute Gasteiger partial charge is 0.340 e. The molecule has 0 spiro atoms. The van der Waals surface area contributed by atoms with Gasteiger partial charge in [0, 0.05) is 34.6 Å². The molecular weight excluding hydrogens is 362 g/mol. The van der Waals surface area contributed by atoms with Crippen molar-refractivity contribution in [1.29, 1.82) is 0 Å². The van der Waals surface area contributed by atoms with Crippen molar-refractivity contribution in [2.24, 2.45) is 0 Å². The predicted molar refractivity (Wildman–Crippen MR) is 103 cm³/mol. The average molecular weight is 379 g/mol. The van der Waals surface area contributed by atoms with Gasteiger partial charge in [-0.25, -0.2) is 4.79 Å². The lowest BCUT2D eigenvalue weighted by atomic mass is 10.0. The minimum atomic E-state index is -0.410. The van der Waals surface area contributed by atoms with Gasteiger partial charge in [-0.3, -0.25) is 4.98 Å². The molecule has 0 amide bonds. The molecule has 7 heteroatoms. The summed E-state index contributed by atoms with van der Waals surface area (Å²) in [6.45, 7) is 0. The van der Waals surface area contributed by atoms with Crippen LogP contribution < -0.4 is 0 Å². The molecule has 0 unspecified atom stereocenters. The Morgan fingerprint density at radius 3 is 2.93 bits per heavy atom. The molecule has 0 saturated heterocycles. The number of hydrogen-bond donors (Lipinski definition) is 0. The zero-order chi connectivity index (χ0) is 18.6. The minimum Gasteiger partial charge on any atom is -0.465 e. The summed E-state index contributed by atoms with van der Waals surface area (Å²) in [6.07, 6.45) is 5.92. The van der Waals surface area contributed by atoms with Crippen LogP contribution in [0.25, 0.3) is 22.2 Å². The molecule has 27 heavy (non-hydrogen) atoms. The van der Waals surface area contributed by atoms with Gasteiger partial charge in [-0.2, -0.15) is 0 Å². The zero-order valence-corrected chi connectivity index (χ0v) is 15.5.